The minimum Gasteiger partial charge on any atom is -0.380 e. The number of hydrogen-bond donors (Lipinski definition) is 1. The van der Waals surface area contributed by atoms with E-state index < -0.39 is 0 Å². The summed E-state index contributed by atoms with van der Waals surface area (Å²) in [7, 11) is 2.19. The highest BCUT2D eigenvalue weighted by Crippen LogP contribution is 2.30. The molecule has 21 heavy (non-hydrogen) atoms. The molecule has 1 saturated carbocycles. The van der Waals surface area contributed by atoms with Gasteiger partial charge in [0.2, 0.25) is 0 Å². The lowest BCUT2D eigenvalue weighted by Crippen LogP contribution is -2.41. The van der Waals surface area contributed by atoms with Crippen LogP contribution < -0.4 is 5.73 Å². The van der Waals surface area contributed by atoms with Gasteiger partial charge in [-0.2, -0.15) is 0 Å². The van der Waals surface area contributed by atoms with Crippen LogP contribution in [-0.4, -0.2) is 37.7 Å². The molecule has 2 N–H and O–H groups in total. The molecule has 1 aromatic carbocycles. The van der Waals surface area contributed by atoms with Gasteiger partial charge in [-0.3, -0.25) is 4.90 Å². The summed E-state index contributed by atoms with van der Waals surface area (Å²) in [6.07, 6.45) is 6.28. The highest BCUT2D eigenvalue weighted by molar-refractivity contribution is 5.32. The fourth-order valence-electron chi connectivity index (χ4n) is 3.38. The van der Waals surface area contributed by atoms with Gasteiger partial charge in [0.25, 0.3) is 0 Å². The Balaban J connectivity index is 1.55. The highest BCUT2D eigenvalue weighted by atomic mass is 16.5. The number of nitrogens with two attached hydrogens (primary N) is 1. The van der Waals surface area contributed by atoms with Crippen LogP contribution in [0.4, 0.5) is 0 Å². The van der Waals surface area contributed by atoms with Crippen LogP contribution in [0.3, 0.4) is 0 Å². The summed E-state index contributed by atoms with van der Waals surface area (Å²) < 4.78 is 5.77. The SMILES string of the molecule is CN(CCOCC1CC1)C1CCCc2ccccc2C1N. The average Bonchev–Trinajstić information content (AvgIpc) is 3.32. The van der Waals surface area contributed by atoms with Crippen LogP contribution in [0.2, 0.25) is 0 Å². The molecule has 0 spiro atoms. The van der Waals surface area contributed by atoms with Crippen LogP contribution in [0.25, 0.3) is 0 Å². The van der Waals surface area contributed by atoms with E-state index in [1.54, 1.807) is 0 Å². The molecule has 0 amide bonds. The molecule has 0 bridgehead atoms. The number of benzene rings is 1. The van der Waals surface area contributed by atoms with Crippen molar-refractivity contribution in [1.82, 2.24) is 4.90 Å². The molecule has 0 saturated heterocycles. The second-order valence-electron chi connectivity index (χ2n) is 6.68. The minimum absolute atomic E-state index is 0.122. The Kier molecular flexibility index (Phi) is 4.94. The largest absolute Gasteiger partial charge is 0.380 e. The van der Waals surface area contributed by atoms with Gasteiger partial charge in [0.1, 0.15) is 0 Å². The second-order valence-corrected chi connectivity index (χ2v) is 6.68. The monoisotopic (exact) mass is 288 g/mol. The van der Waals surface area contributed by atoms with E-state index in [2.05, 4.69) is 36.2 Å². The number of nitrogens with zero attached hydrogens (tertiary/aromatic N) is 1. The number of ether oxygens (including phenoxy) is 1. The molecule has 0 aromatic heterocycles. The molecule has 1 aromatic rings. The summed E-state index contributed by atoms with van der Waals surface area (Å²) in [5.74, 6) is 0.849. The maximum atomic E-state index is 6.57. The predicted octanol–water partition coefficient (Wildman–Crippen LogP) is 2.75. The summed E-state index contributed by atoms with van der Waals surface area (Å²) in [5.41, 5.74) is 9.35. The quantitative estimate of drug-likeness (QED) is 0.646. The molecule has 2 unspecified atom stereocenters. The zero-order valence-corrected chi connectivity index (χ0v) is 13.1. The lowest BCUT2D eigenvalue weighted by atomic mass is 9.96. The van der Waals surface area contributed by atoms with Crippen molar-refractivity contribution in [3.05, 3.63) is 35.4 Å². The summed E-state index contributed by atoms with van der Waals surface area (Å²) in [6, 6.07) is 9.23. The molecule has 116 valence electrons. The first-order chi connectivity index (χ1) is 10.3. The van der Waals surface area contributed by atoms with Gasteiger partial charge in [-0.05, 0) is 56.2 Å². The van der Waals surface area contributed by atoms with Gasteiger partial charge >= 0.3 is 0 Å². The smallest absolute Gasteiger partial charge is 0.0593 e. The number of hydrogen-bond acceptors (Lipinski definition) is 3. The standard InChI is InChI=1S/C18H28N2O/c1-20(11-12-21-13-14-9-10-14)17-8-4-6-15-5-2-3-7-16(15)18(17)19/h2-3,5,7,14,17-18H,4,6,8-13,19H2,1H3. The van der Waals surface area contributed by atoms with E-state index in [1.165, 1.54) is 36.8 Å². The molecule has 3 heteroatoms. The lowest BCUT2D eigenvalue weighted by Gasteiger charge is -2.32. The molecule has 1 fully saturated rings. The van der Waals surface area contributed by atoms with E-state index >= 15 is 0 Å². The maximum Gasteiger partial charge on any atom is 0.0593 e. The van der Waals surface area contributed by atoms with E-state index in [-0.39, 0.29) is 6.04 Å². The van der Waals surface area contributed by atoms with Gasteiger partial charge in [-0.1, -0.05) is 24.3 Å². The van der Waals surface area contributed by atoms with Gasteiger partial charge < -0.3 is 10.5 Å². The molecular weight excluding hydrogens is 260 g/mol. The van der Waals surface area contributed by atoms with Crippen molar-refractivity contribution >= 4 is 0 Å². The van der Waals surface area contributed by atoms with Crippen molar-refractivity contribution in [2.75, 3.05) is 26.8 Å². The van der Waals surface area contributed by atoms with Gasteiger partial charge in [0.05, 0.1) is 6.61 Å². The molecule has 3 nitrogen and oxygen atoms in total. The van der Waals surface area contributed by atoms with E-state index in [1.807, 2.05) is 0 Å². The van der Waals surface area contributed by atoms with Crippen LogP contribution in [0, 0.1) is 5.92 Å². The van der Waals surface area contributed by atoms with Crippen molar-refractivity contribution in [1.29, 1.82) is 0 Å². The van der Waals surface area contributed by atoms with Crippen molar-refractivity contribution in [3.8, 4) is 0 Å². The Bertz CT molecular complexity index is 458. The normalized spacial score (nSPS) is 25.7. The number of fused-ring (bicyclic) bond motifs is 1. The summed E-state index contributed by atoms with van der Waals surface area (Å²) in [4.78, 5) is 2.40. The predicted molar refractivity (Wildman–Crippen MR) is 86.3 cm³/mol. The molecule has 2 atom stereocenters. The third-order valence-electron chi connectivity index (χ3n) is 4.98. The number of aryl methyl sites for hydroxylation is 1. The molecular formula is C18H28N2O. The van der Waals surface area contributed by atoms with Gasteiger partial charge in [-0.15, -0.1) is 0 Å². The van der Waals surface area contributed by atoms with Crippen molar-refractivity contribution in [2.45, 2.75) is 44.2 Å². The topological polar surface area (TPSA) is 38.5 Å². The van der Waals surface area contributed by atoms with E-state index in [4.69, 9.17) is 10.5 Å². The Morgan fingerprint density at radius 2 is 2.05 bits per heavy atom. The maximum absolute atomic E-state index is 6.57. The van der Waals surface area contributed by atoms with Crippen LogP contribution in [0.5, 0.6) is 0 Å². The fraction of sp³-hybridized carbons (Fsp3) is 0.667. The number of rotatable bonds is 6. The minimum atomic E-state index is 0.122. The van der Waals surface area contributed by atoms with E-state index in [0.717, 1.165) is 32.1 Å². The summed E-state index contributed by atoms with van der Waals surface area (Å²) in [5, 5.41) is 0. The average molecular weight is 288 g/mol. The van der Waals surface area contributed by atoms with Crippen LogP contribution in [-0.2, 0) is 11.2 Å². The van der Waals surface area contributed by atoms with Crippen LogP contribution in [0.15, 0.2) is 24.3 Å². The Morgan fingerprint density at radius 3 is 2.86 bits per heavy atom. The second kappa shape index (κ2) is 6.91. The molecule has 0 radical (unpaired) electrons. The molecule has 2 aliphatic carbocycles. The van der Waals surface area contributed by atoms with Crippen LogP contribution in [0.1, 0.15) is 42.9 Å². The fourth-order valence-corrected chi connectivity index (χ4v) is 3.38. The van der Waals surface area contributed by atoms with Crippen molar-refractivity contribution < 1.29 is 4.74 Å². The molecule has 2 aliphatic rings. The van der Waals surface area contributed by atoms with Gasteiger partial charge in [-0.25, -0.2) is 0 Å². The first kappa shape index (κ1) is 15.0. The van der Waals surface area contributed by atoms with E-state index in [9.17, 15) is 0 Å². The Morgan fingerprint density at radius 1 is 1.24 bits per heavy atom. The first-order valence-corrected chi connectivity index (χ1v) is 8.37. The molecule has 0 heterocycles. The lowest BCUT2D eigenvalue weighted by molar-refractivity contribution is 0.0848. The van der Waals surface area contributed by atoms with Crippen molar-refractivity contribution in [3.63, 3.8) is 0 Å². The third kappa shape index (κ3) is 3.85. The van der Waals surface area contributed by atoms with E-state index in [0.29, 0.717) is 6.04 Å². The van der Waals surface area contributed by atoms with Gasteiger partial charge in [0, 0.05) is 25.2 Å². The zero-order valence-electron chi connectivity index (χ0n) is 13.1. The zero-order chi connectivity index (χ0) is 14.7. The third-order valence-corrected chi connectivity index (χ3v) is 4.98. The Labute approximate surface area is 128 Å². The highest BCUT2D eigenvalue weighted by Gasteiger charge is 2.27. The molecule has 3 rings (SSSR count). The Hall–Kier alpha value is -0.900. The van der Waals surface area contributed by atoms with Crippen molar-refractivity contribution in [2.24, 2.45) is 11.7 Å². The summed E-state index contributed by atoms with van der Waals surface area (Å²) >= 11 is 0. The first-order valence-electron chi connectivity index (χ1n) is 8.37. The van der Waals surface area contributed by atoms with Crippen LogP contribution >= 0.6 is 0 Å². The summed E-state index contributed by atoms with van der Waals surface area (Å²) in [6.45, 7) is 2.76. The molecule has 0 aliphatic heterocycles. The van der Waals surface area contributed by atoms with Gasteiger partial charge in [0.15, 0.2) is 0 Å². The number of likely N-dealkylation sites (N-methyl/N-ethyl adjacent to an activating group) is 1.